The molecule has 0 saturated carbocycles. The van der Waals surface area contributed by atoms with Crippen LogP contribution in [0.1, 0.15) is 51.1 Å². The van der Waals surface area contributed by atoms with Gasteiger partial charge in [-0.3, -0.25) is 14.6 Å². The number of amides is 2. The lowest BCUT2D eigenvalue weighted by Crippen LogP contribution is -2.52. The van der Waals surface area contributed by atoms with Crippen molar-refractivity contribution >= 4 is 17.6 Å². The van der Waals surface area contributed by atoms with Gasteiger partial charge in [0.15, 0.2) is 11.5 Å². The van der Waals surface area contributed by atoms with E-state index in [0.717, 1.165) is 33.7 Å². The van der Waals surface area contributed by atoms with Gasteiger partial charge in [-0.25, -0.2) is 0 Å². The third kappa shape index (κ3) is 6.69. The predicted octanol–water partition coefficient (Wildman–Crippen LogP) is 3.45. The average molecular weight is 558 g/mol. The molecule has 3 atom stereocenters. The van der Waals surface area contributed by atoms with E-state index >= 15 is 0 Å². The molecule has 0 saturated heterocycles. The highest BCUT2D eigenvalue weighted by Crippen LogP contribution is 2.29. The molecule has 0 fully saturated rings. The van der Waals surface area contributed by atoms with Crippen LogP contribution in [0.3, 0.4) is 0 Å². The Hall–Kier alpha value is -4.37. The summed E-state index contributed by atoms with van der Waals surface area (Å²) in [6.07, 6.45) is 0.317. The number of carbonyl (C=O) groups is 2. The smallest absolute Gasteiger partial charge is 0.248 e. The second kappa shape index (κ2) is 12.9. The first-order valence-corrected chi connectivity index (χ1v) is 13.7. The zero-order valence-corrected chi connectivity index (χ0v) is 24.3. The number of nitrogens with one attached hydrogen (secondary N) is 1. The topological polar surface area (TPSA) is 132 Å². The van der Waals surface area contributed by atoms with E-state index in [4.69, 9.17) is 25.9 Å². The van der Waals surface area contributed by atoms with E-state index in [2.05, 4.69) is 17.4 Å². The van der Waals surface area contributed by atoms with Crippen molar-refractivity contribution in [1.82, 2.24) is 10.2 Å². The van der Waals surface area contributed by atoms with Crippen molar-refractivity contribution in [3.8, 4) is 11.5 Å². The van der Waals surface area contributed by atoms with Crippen molar-refractivity contribution in [1.29, 1.82) is 0 Å². The Morgan fingerprint density at radius 2 is 1.68 bits per heavy atom. The van der Waals surface area contributed by atoms with Crippen LogP contribution in [-0.2, 0) is 17.8 Å². The van der Waals surface area contributed by atoms with Gasteiger partial charge in [0.25, 0.3) is 0 Å². The van der Waals surface area contributed by atoms with Gasteiger partial charge in [0.1, 0.15) is 5.84 Å². The van der Waals surface area contributed by atoms with Crippen LogP contribution in [0.4, 0.5) is 0 Å². The molecule has 1 aliphatic heterocycles. The predicted molar refractivity (Wildman–Crippen MR) is 160 cm³/mol. The molecule has 1 aliphatic rings. The third-order valence-corrected chi connectivity index (χ3v) is 7.64. The monoisotopic (exact) mass is 557 g/mol. The van der Waals surface area contributed by atoms with Crippen LogP contribution in [0.5, 0.6) is 11.5 Å². The van der Waals surface area contributed by atoms with Crippen molar-refractivity contribution in [3.63, 3.8) is 0 Å². The number of rotatable bonds is 11. The number of hydrogen-bond donors (Lipinski definition) is 3. The van der Waals surface area contributed by atoms with Gasteiger partial charge in [-0.1, -0.05) is 36.4 Å². The number of aliphatic imine (C=N–C) groups is 1. The maximum absolute atomic E-state index is 14.1. The molecule has 1 heterocycles. The minimum Gasteiger partial charge on any atom is -0.493 e. The van der Waals surface area contributed by atoms with Crippen LogP contribution in [0.15, 0.2) is 65.7 Å². The van der Waals surface area contributed by atoms with Crippen LogP contribution < -0.4 is 26.3 Å². The number of methoxy groups -OCH3 is 2. The van der Waals surface area contributed by atoms with E-state index < -0.39 is 11.9 Å². The fourth-order valence-electron chi connectivity index (χ4n) is 5.29. The van der Waals surface area contributed by atoms with Crippen LogP contribution >= 0.6 is 0 Å². The van der Waals surface area contributed by atoms with Gasteiger partial charge >= 0.3 is 0 Å². The Bertz CT molecular complexity index is 1420. The molecular weight excluding hydrogens is 518 g/mol. The number of carbonyl (C=O) groups excluding carboxylic acids is 2. The second-order valence-corrected chi connectivity index (χ2v) is 10.4. The first-order valence-electron chi connectivity index (χ1n) is 13.7. The number of benzene rings is 3. The van der Waals surface area contributed by atoms with Gasteiger partial charge in [0, 0.05) is 12.1 Å². The zero-order valence-electron chi connectivity index (χ0n) is 24.3. The molecule has 9 nitrogen and oxygen atoms in total. The molecule has 0 aliphatic carbocycles. The summed E-state index contributed by atoms with van der Waals surface area (Å²) in [4.78, 5) is 32.3. The quantitative estimate of drug-likeness (QED) is 0.331. The molecule has 216 valence electrons. The first kappa shape index (κ1) is 29.6. The highest BCUT2D eigenvalue weighted by Gasteiger charge is 2.32. The van der Waals surface area contributed by atoms with E-state index in [-0.39, 0.29) is 18.0 Å². The standard InChI is InChI=1S/C32H39N5O4/c1-19-13-24(30(34)38)14-20(2)25(19)16-26(33)32(39)37(18-22-11-12-28(40-4)29(15-22)41-5)21(3)31-35-17-27(36-31)23-9-7-6-8-10-23/h6-15,21,26-27H,16-18,33H2,1-5H3,(H2,34,38)(H,35,36)/t21-,26-,27?/m0/s1. The largest absolute Gasteiger partial charge is 0.493 e. The highest BCUT2D eigenvalue weighted by atomic mass is 16.5. The number of primary amides is 1. The molecule has 9 heteroatoms. The van der Waals surface area contributed by atoms with Gasteiger partial charge in [-0.05, 0) is 79.3 Å². The summed E-state index contributed by atoms with van der Waals surface area (Å²) in [6, 6.07) is 18.1. The molecule has 0 spiro atoms. The minimum absolute atomic E-state index is 0.0365. The molecule has 0 bridgehead atoms. The van der Waals surface area contributed by atoms with Crippen molar-refractivity contribution in [3.05, 3.63) is 94.0 Å². The van der Waals surface area contributed by atoms with E-state index in [9.17, 15) is 9.59 Å². The number of amidine groups is 1. The summed E-state index contributed by atoms with van der Waals surface area (Å²) in [7, 11) is 3.17. The molecule has 5 N–H and O–H groups in total. The molecular formula is C32H39N5O4. The summed E-state index contributed by atoms with van der Waals surface area (Å²) in [5.74, 6) is 1.22. The summed E-state index contributed by atoms with van der Waals surface area (Å²) >= 11 is 0. The molecule has 1 unspecified atom stereocenters. The number of nitrogens with zero attached hydrogens (tertiary/aromatic N) is 2. The number of ether oxygens (including phenoxy) is 2. The lowest BCUT2D eigenvalue weighted by atomic mass is 9.93. The molecule has 41 heavy (non-hydrogen) atoms. The summed E-state index contributed by atoms with van der Waals surface area (Å²) in [5, 5.41) is 3.52. The van der Waals surface area contributed by atoms with E-state index in [1.807, 2.05) is 57.2 Å². The molecule has 0 radical (unpaired) electrons. The summed E-state index contributed by atoms with van der Waals surface area (Å²) in [6.45, 7) is 6.64. The number of nitrogens with two attached hydrogens (primary N) is 2. The lowest BCUT2D eigenvalue weighted by Gasteiger charge is -2.32. The van der Waals surface area contributed by atoms with Crippen LogP contribution in [0.25, 0.3) is 0 Å². The Labute approximate surface area is 241 Å². The lowest BCUT2D eigenvalue weighted by molar-refractivity contribution is -0.134. The number of hydrogen-bond acceptors (Lipinski definition) is 7. The van der Waals surface area contributed by atoms with Gasteiger partial charge < -0.3 is 31.2 Å². The maximum Gasteiger partial charge on any atom is 0.248 e. The van der Waals surface area contributed by atoms with Crippen LogP contribution in [-0.4, -0.2) is 55.4 Å². The Kier molecular flexibility index (Phi) is 9.29. The van der Waals surface area contributed by atoms with E-state index in [1.54, 1.807) is 31.3 Å². The Balaban J connectivity index is 1.61. The normalized spacial score (nSPS) is 15.9. The van der Waals surface area contributed by atoms with Crippen molar-refractivity contribution in [2.45, 2.75) is 51.9 Å². The summed E-state index contributed by atoms with van der Waals surface area (Å²) in [5.41, 5.74) is 17.2. The zero-order chi connectivity index (χ0) is 29.7. The first-order chi connectivity index (χ1) is 19.6. The fourth-order valence-corrected chi connectivity index (χ4v) is 5.29. The third-order valence-electron chi connectivity index (χ3n) is 7.64. The minimum atomic E-state index is -0.818. The molecule has 0 aromatic heterocycles. The van der Waals surface area contributed by atoms with Gasteiger partial charge in [-0.2, -0.15) is 0 Å². The average Bonchev–Trinajstić information content (AvgIpc) is 3.47. The van der Waals surface area contributed by atoms with Crippen molar-refractivity contribution < 1.29 is 19.1 Å². The second-order valence-electron chi connectivity index (χ2n) is 10.4. The SMILES string of the molecule is COc1ccc(CN(C(=O)[C@@H](N)Cc2c(C)cc(C(N)=O)cc2C)[C@@H](C)C2=NCC(c3ccccc3)N2)cc1OC. The maximum atomic E-state index is 14.1. The van der Waals surface area contributed by atoms with E-state index in [0.29, 0.717) is 36.6 Å². The Morgan fingerprint density at radius 3 is 2.29 bits per heavy atom. The van der Waals surface area contributed by atoms with Crippen molar-refractivity contribution in [2.75, 3.05) is 20.8 Å². The highest BCUT2D eigenvalue weighted by molar-refractivity contribution is 5.94. The summed E-state index contributed by atoms with van der Waals surface area (Å²) < 4.78 is 10.9. The van der Waals surface area contributed by atoms with Crippen molar-refractivity contribution in [2.24, 2.45) is 16.5 Å². The van der Waals surface area contributed by atoms with Crippen LogP contribution in [0.2, 0.25) is 0 Å². The van der Waals surface area contributed by atoms with Gasteiger partial charge in [0.2, 0.25) is 11.8 Å². The number of aryl methyl sites for hydroxylation is 2. The van der Waals surface area contributed by atoms with Gasteiger partial charge in [-0.15, -0.1) is 0 Å². The molecule has 4 rings (SSSR count). The molecule has 3 aromatic carbocycles. The fraction of sp³-hybridized carbons (Fsp3) is 0.344. The van der Waals surface area contributed by atoms with E-state index in [1.165, 1.54) is 0 Å². The van der Waals surface area contributed by atoms with Crippen LogP contribution in [0, 0.1) is 13.8 Å². The van der Waals surface area contributed by atoms with Gasteiger partial charge in [0.05, 0.1) is 38.9 Å². The molecule has 2 amide bonds. The molecule has 3 aromatic rings. The Morgan fingerprint density at radius 1 is 1.02 bits per heavy atom.